The Morgan fingerprint density at radius 1 is 0.248 bits per heavy atom. The standard InChI is InChI=1S/C98H63NO2/c1-9-27-62(28-10-1)72-51-82(66-35-17-5-18-36-66)95-87(55-72)89-57-74(64-31-13-3-14-32-64)53-84(97(89)100-95)70-45-48-77-78-49-46-71(85-54-75(65-33-15-4-16-34-65)58-90-88-56-73(63-29-11-2-12-30-63)52-83(96(88)101-98(85)90)67-37-19-6-20-38-67)60-92(78)99(91(77)59-70)76-47-50-81-86(61-76)94(69-41-23-8-24-42-69)80-44-26-25-43-79(80)93(81)68-39-21-7-22-40-68/h1-51,53-61,83H,52H2. The molecule has 1 atom stereocenters. The van der Waals surface area contributed by atoms with Crippen molar-refractivity contribution in [2.75, 3.05) is 0 Å². The molecule has 20 rings (SSSR count). The molecule has 3 aromatic heterocycles. The molecule has 0 aliphatic heterocycles. The van der Waals surface area contributed by atoms with Crippen LogP contribution in [0.5, 0.6) is 0 Å². The van der Waals surface area contributed by atoms with Gasteiger partial charge in [-0.2, -0.15) is 0 Å². The molecular weight excluding hydrogens is 1220 g/mol. The number of allylic oxidation sites excluding steroid dienone is 1. The van der Waals surface area contributed by atoms with E-state index < -0.39 is 0 Å². The fourth-order valence-corrected chi connectivity index (χ4v) is 16.4. The number of fused-ring (bicyclic) bond motifs is 11. The molecule has 0 amide bonds. The van der Waals surface area contributed by atoms with Crippen molar-refractivity contribution in [3.05, 3.63) is 380 Å². The molecule has 0 fully saturated rings. The normalized spacial score (nSPS) is 13.1. The van der Waals surface area contributed by atoms with Gasteiger partial charge in [0.1, 0.15) is 22.5 Å². The van der Waals surface area contributed by atoms with E-state index in [9.17, 15) is 0 Å². The Kier molecular flexibility index (Phi) is 13.7. The lowest BCUT2D eigenvalue weighted by Gasteiger charge is -2.23. The molecule has 0 spiro atoms. The smallest absolute Gasteiger partial charge is 0.143 e. The molecule has 101 heavy (non-hydrogen) atoms. The maximum Gasteiger partial charge on any atom is 0.143 e. The first-order valence-electron chi connectivity index (χ1n) is 34.9. The quantitative estimate of drug-likeness (QED) is 0.121. The molecule has 3 heteroatoms. The van der Waals surface area contributed by atoms with Crippen LogP contribution in [-0.2, 0) is 0 Å². The van der Waals surface area contributed by atoms with E-state index in [0.717, 1.165) is 145 Å². The zero-order chi connectivity index (χ0) is 66.5. The van der Waals surface area contributed by atoms with Crippen molar-refractivity contribution in [2.24, 2.45) is 0 Å². The lowest BCUT2D eigenvalue weighted by Crippen LogP contribution is -2.07. The molecule has 1 unspecified atom stereocenters. The zero-order valence-electron chi connectivity index (χ0n) is 55.2. The first kappa shape index (κ1) is 58.1. The van der Waals surface area contributed by atoms with Crippen molar-refractivity contribution >= 4 is 87.9 Å². The van der Waals surface area contributed by atoms with Crippen molar-refractivity contribution in [2.45, 2.75) is 12.3 Å². The van der Waals surface area contributed by atoms with Gasteiger partial charge in [-0.3, -0.25) is 0 Å². The fourth-order valence-electron chi connectivity index (χ4n) is 16.4. The molecule has 0 bridgehead atoms. The van der Waals surface area contributed by atoms with Gasteiger partial charge in [0.05, 0.1) is 11.0 Å². The number of hydrogen-bond donors (Lipinski definition) is 0. The molecule has 19 aromatic rings. The molecule has 3 nitrogen and oxygen atoms in total. The summed E-state index contributed by atoms with van der Waals surface area (Å²) in [5, 5.41) is 10.3. The molecule has 0 saturated carbocycles. The summed E-state index contributed by atoms with van der Waals surface area (Å²) in [4.78, 5) is 0. The van der Waals surface area contributed by atoms with Crippen molar-refractivity contribution in [3.8, 4) is 94.7 Å². The second-order valence-corrected chi connectivity index (χ2v) is 26.9. The maximum atomic E-state index is 7.55. The number of rotatable bonds is 11. The second-order valence-electron chi connectivity index (χ2n) is 26.9. The van der Waals surface area contributed by atoms with Crippen LogP contribution in [0.4, 0.5) is 0 Å². The van der Waals surface area contributed by atoms with E-state index in [-0.39, 0.29) is 5.92 Å². The van der Waals surface area contributed by atoms with E-state index in [4.69, 9.17) is 8.83 Å². The van der Waals surface area contributed by atoms with Crippen LogP contribution in [0.15, 0.2) is 367 Å². The van der Waals surface area contributed by atoms with Crippen LogP contribution in [0.2, 0.25) is 0 Å². The molecule has 0 saturated heterocycles. The molecule has 0 N–H and O–H groups in total. The van der Waals surface area contributed by atoms with Crippen LogP contribution in [-0.4, -0.2) is 4.57 Å². The minimum absolute atomic E-state index is 0.00565. The average molecular weight is 1290 g/mol. The summed E-state index contributed by atoms with van der Waals surface area (Å²) in [6.45, 7) is 0. The van der Waals surface area contributed by atoms with Crippen LogP contribution >= 0.6 is 0 Å². The Bertz CT molecular complexity index is 6470. The maximum absolute atomic E-state index is 7.55. The first-order chi connectivity index (χ1) is 50.1. The SMILES string of the molecule is C1=C(c2ccccc2)CC(c2ccccc2)c2oc3c(-c4ccc5c6ccc(-c7cc(-c8ccccc8)cc8c7oc7c(-c9ccccc9)cc(-c9ccccc9)cc78)cc6n(-c6ccc7c(-c8ccccc8)c8ccccc8c(-c8ccccc8)c7c6)c5c4)cc(-c4ccccc4)cc3c21. The third-order valence-corrected chi connectivity index (χ3v) is 21.1. The van der Waals surface area contributed by atoms with Gasteiger partial charge in [0, 0.05) is 60.8 Å². The van der Waals surface area contributed by atoms with Crippen molar-refractivity contribution < 1.29 is 8.83 Å². The Labute approximate surface area is 585 Å². The molecular formula is C98H63NO2. The lowest BCUT2D eigenvalue weighted by molar-refractivity contribution is 0.519. The summed E-state index contributed by atoms with van der Waals surface area (Å²) in [6, 6.07) is 131. The van der Waals surface area contributed by atoms with Gasteiger partial charge in [0.25, 0.3) is 0 Å². The summed E-state index contributed by atoms with van der Waals surface area (Å²) in [5.41, 5.74) is 28.6. The third kappa shape index (κ3) is 9.80. The molecule has 1 aliphatic carbocycles. The van der Waals surface area contributed by atoms with E-state index in [0.29, 0.717) is 0 Å². The van der Waals surface area contributed by atoms with Gasteiger partial charge in [-0.1, -0.05) is 297 Å². The Hall–Kier alpha value is -13.1. The highest BCUT2D eigenvalue weighted by Gasteiger charge is 2.32. The van der Waals surface area contributed by atoms with Gasteiger partial charge >= 0.3 is 0 Å². The van der Waals surface area contributed by atoms with Crippen LogP contribution in [0, 0.1) is 0 Å². The van der Waals surface area contributed by atoms with Crippen molar-refractivity contribution in [1.29, 1.82) is 0 Å². The average Bonchev–Trinajstić information content (AvgIpc) is 1.61. The van der Waals surface area contributed by atoms with E-state index in [1.165, 1.54) is 60.5 Å². The van der Waals surface area contributed by atoms with E-state index in [1.54, 1.807) is 0 Å². The number of hydrogen-bond acceptors (Lipinski definition) is 2. The van der Waals surface area contributed by atoms with Crippen LogP contribution in [0.1, 0.15) is 34.8 Å². The molecule has 1 aliphatic rings. The zero-order valence-corrected chi connectivity index (χ0v) is 55.2. The molecule has 16 aromatic carbocycles. The largest absolute Gasteiger partial charge is 0.459 e. The highest BCUT2D eigenvalue weighted by molar-refractivity contribution is 6.23. The highest BCUT2D eigenvalue weighted by atomic mass is 16.3. The van der Waals surface area contributed by atoms with Gasteiger partial charge in [0.15, 0.2) is 0 Å². The van der Waals surface area contributed by atoms with E-state index in [1.807, 2.05) is 0 Å². The molecule has 0 radical (unpaired) electrons. The minimum Gasteiger partial charge on any atom is -0.459 e. The van der Waals surface area contributed by atoms with E-state index in [2.05, 4.69) is 369 Å². The number of nitrogens with zero attached hydrogens (tertiary/aromatic N) is 1. The summed E-state index contributed by atoms with van der Waals surface area (Å²) in [7, 11) is 0. The summed E-state index contributed by atoms with van der Waals surface area (Å²) in [5.74, 6) is 1.00. The lowest BCUT2D eigenvalue weighted by atomic mass is 9.80. The topological polar surface area (TPSA) is 31.2 Å². The monoisotopic (exact) mass is 1290 g/mol. The van der Waals surface area contributed by atoms with Gasteiger partial charge in [-0.05, 0) is 184 Å². The van der Waals surface area contributed by atoms with Crippen LogP contribution in [0.3, 0.4) is 0 Å². The van der Waals surface area contributed by atoms with Gasteiger partial charge in [-0.25, -0.2) is 0 Å². The Morgan fingerprint density at radius 2 is 0.624 bits per heavy atom. The van der Waals surface area contributed by atoms with Crippen LogP contribution < -0.4 is 0 Å². The van der Waals surface area contributed by atoms with Crippen LogP contribution in [0.25, 0.3) is 183 Å². The predicted molar refractivity (Wildman–Crippen MR) is 424 cm³/mol. The van der Waals surface area contributed by atoms with Gasteiger partial charge < -0.3 is 13.4 Å². The summed E-state index contributed by atoms with van der Waals surface area (Å²) < 4.78 is 17.6. The van der Waals surface area contributed by atoms with Gasteiger partial charge in [-0.15, -0.1) is 0 Å². The number of aromatic nitrogens is 1. The number of benzene rings is 16. The van der Waals surface area contributed by atoms with Crippen molar-refractivity contribution in [3.63, 3.8) is 0 Å². The molecule has 3 heterocycles. The Morgan fingerprint density at radius 3 is 1.11 bits per heavy atom. The summed E-state index contributed by atoms with van der Waals surface area (Å²) in [6.07, 6.45) is 3.22. The predicted octanol–water partition coefficient (Wildman–Crippen LogP) is 27.1. The fraction of sp³-hybridized carbons (Fsp3) is 0.0204. The molecule has 472 valence electrons. The van der Waals surface area contributed by atoms with Gasteiger partial charge in [0.2, 0.25) is 0 Å². The second kappa shape index (κ2) is 23.9. The third-order valence-electron chi connectivity index (χ3n) is 21.1. The summed E-state index contributed by atoms with van der Waals surface area (Å²) >= 11 is 0. The number of furan rings is 2. The van der Waals surface area contributed by atoms with E-state index >= 15 is 0 Å². The Balaban J connectivity index is 0.880. The first-order valence-corrected chi connectivity index (χ1v) is 34.9. The minimum atomic E-state index is 0.00565. The highest BCUT2D eigenvalue weighted by Crippen LogP contribution is 2.52. The van der Waals surface area contributed by atoms with Crippen molar-refractivity contribution in [1.82, 2.24) is 4.57 Å².